The van der Waals surface area contributed by atoms with Gasteiger partial charge in [-0.25, -0.2) is 14.5 Å². The quantitative estimate of drug-likeness (QED) is 0.531. The first kappa shape index (κ1) is 16.8. The Labute approximate surface area is 149 Å². The van der Waals surface area contributed by atoms with Crippen LogP contribution in [-0.4, -0.2) is 39.1 Å². The minimum atomic E-state index is -4.63. The van der Waals surface area contributed by atoms with Crippen LogP contribution in [0, 0.1) is 6.92 Å². The summed E-state index contributed by atoms with van der Waals surface area (Å²) in [6.07, 6.45) is -1.55. The van der Waals surface area contributed by atoms with Crippen molar-refractivity contribution < 1.29 is 13.2 Å². The minimum absolute atomic E-state index is 0.190. The molecular formula is C14H12ClF3N8. The van der Waals surface area contributed by atoms with E-state index in [1.807, 2.05) is 0 Å². The van der Waals surface area contributed by atoms with Crippen LogP contribution in [0.15, 0.2) is 12.5 Å². The number of hydrogen-bond acceptors (Lipinski definition) is 5. The van der Waals surface area contributed by atoms with Gasteiger partial charge >= 0.3 is 6.18 Å². The highest BCUT2D eigenvalue weighted by Crippen LogP contribution is 2.36. The molecule has 0 spiro atoms. The second-order valence-electron chi connectivity index (χ2n) is 5.85. The van der Waals surface area contributed by atoms with Crippen LogP contribution in [0.1, 0.15) is 30.2 Å². The van der Waals surface area contributed by atoms with Crippen molar-refractivity contribution in [3.8, 4) is 0 Å². The molecule has 4 aromatic heterocycles. The average Bonchev–Trinajstić information content (AvgIpc) is 3.23. The highest BCUT2D eigenvalue weighted by atomic mass is 35.5. The molecule has 4 heterocycles. The summed E-state index contributed by atoms with van der Waals surface area (Å²) in [6.45, 7) is 3.12. The molecule has 0 aromatic carbocycles. The van der Waals surface area contributed by atoms with Gasteiger partial charge in [-0.15, -0.1) is 5.10 Å². The van der Waals surface area contributed by atoms with Gasteiger partial charge in [0, 0.05) is 7.05 Å². The lowest BCUT2D eigenvalue weighted by molar-refractivity contribution is -0.141. The van der Waals surface area contributed by atoms with Gasteiger partial charge in [0.05, 0.1) is 22.3 Å². The van der Waals surface area contributed by atoms with Crippen molar-refractivity contribution in [1.29, 1.82) is 0 Å². The molecule has 0 fully saturated rings. The molecule has 0 amide bonds. The topological polar surface area (TPSA) is 78.7 Å². The highest BCUT2D eigenvalue weighted by molar-refractivity contribution is 6.31. The van der Waals surface area contributed by atoms with E-state index in [1.54, 1.807) is 24.9 Å². The summed E-state index contributed by atoms with van der Waals surface area (Å²) in [5.41, 5.74) is 0.206. The molecule has 0 unspecified atom stereocenters. The molecule has 12 heteroatoms. The average molecular weight is 385 g/mol. The van der Waals surface area contributed by atoms with E-state index < -0.39 is 22.9 Å². The van der Waals surface area contributed by atoms with Crippen LogP contribution in [0.3, 0.4) is 0 Å². The third-order valence-corrected chi connectivity index (χ3v) is 4.62. The van der Waals surface area contributed by atoms with E-state index in [2.05, 4.69) is 25.3 Å². The van der Waals surface area contributed by atoms with Crippen LogP contribution in [0.5, 0.6) is 0 Å². The minimum Gasteiger partial charge on any atom is -0.257 e. The zero-order chi connectivity index (χ0) is 18.8. The fourth-order valence-electron chi connectivity index (χ4n) is 2.80. The Morgan fingerprint density at radius 1 is 1.19 bits per heavy atom. The molecule has 0 N–H and O–H groups in total. The SMILES string of the molecule is Cc1c(Cl)c(C(F)(F)F)nn1[C@H](C)c1nc2c3cnn(C)c3ncn2n1. The zero-order valence-electron chi connectivity index (χ0n) is 13.8. The Morgan fingerprint density at radius 3 is 2.58 bits per heavy atom. The smallest absolute Gasteiger partial charge is 0.257 e. The molecule has 0 aliphatic rings. The summed E-state index contributed by atoms with van der Waals surface area (Å²) >= 11 is 5.82. The van der Waals surface area contributed by atoms with Crippen molar-refractivity contribution in [2.24, 2.45) is 7.05 Å². The molecule has 1 atom stereocenters. The summed E-state index contributed by atoms with van der Waals surface area (Å²) in [6, 6.07) is -0.657. The lowest BCUT2D eigenvalue weighted by atomic mass is 10.3. The van der Waals surface area contributed by atoms with Crippen molar-refractivity contribution in [3.05, 3.63) is 34.8 Å². The Bertz CT molecular complexity index is 1140. The van der Waals surface area contributed by atoms with E-state index in [-0.39, 0.29) is 5.69 Å². The van der Waals surface area contributed by atoms with Gasteiger partial charge in [-0.3, -0.25) is 9.36 Å². The fraction of sp³-hybridized carbons (Fsp3) is 0.357. The first-order valence-electron chi connectivity index (χ1n) is 7.53. The van der Waals surface area contributed by atoms with Crippen LogP contribution >= 0.6 is 11.6 Å². The summed E-state index contributed by atoms with van der Waals surface area (Å²) < 4.78 is 43.3. The Kier molecular flexibility index (Phi) is 3.48. The van der Waals surface area contributed by atoms with Gasteiger partial charge in [-0.05, 0) is 13.8 Å². The number of alkyl halides is 3. The van der Waals surface area contributed by atoms with Crippen LogP contribution < -0.4 is 0 Å². The number of halogens is 4. The Morgan fingerprint density at radius 2 is 1.92 bits per heavy atom. The van der Waals surface area contributed by atoms with Gasteiger partial charge in [0.1, 0.15) is 12.4 Å². The Hall–Kier alpha value is -2.69. The largest absolute Gasteiger partial charge is 0.436 e. The third kappa shape index (κ3) is 2.34. The molecule has 4 aromatic rings. The lowest BCUT2D eigenvalue weighted by Crippen LogP contribution is -2.14. The monoisotopic (exact) mass is 384 g/mol. The van der Waals surface area contributed by atoms with Gasteiger partial charge in [-0.1, -0.05) is 11.6 Å². The highest BCUT2D eigenvalue weighted by Gasteiger charge is 2.39. The van der Waals surface area contributed by atoms with Crippen LogP contribution in [0.4, 0.5) is 13.2 Å². The van der Waals surface area contributed by atoms with Crippen molar-refractivity contribution >= 4 is 28.3 Å². The van der Waals surface area contributed by atoms with Gasteiger partial charge in [-0.2, -0.15) is 23.4 Å². The van der Waals surface area contributed by atoms with E-state index in [4.69, 9.17) is 11.6 Å². The molecule has 0 saturated carbocycles. The maximum absolute atomic E-state index is 13.0. The van der Waals surface area contributed by atoms with Crippen LogP contribution in [-0.2, 0) is 13.2 Å². The molecule has 0 radical (unpaired) electrons. The van der Waals surface area contributed by atoms with Crippen molar-refractivity contribution in [2.75, 3.05) is 0 Å². The van der Waals surface area contributed by atoms with E-state index >= 15 is 0 Å². The number of nitrogens with zero attached hydrogens (tertiary/aromatic N) is 8. The molecule has 0 aliphatic heterocycles. The summed E-state index contributed by atoms with van der Waals surface area (Å²) in [5, 5.41) is 12.3. The van der Waals surface area contributed by atoms with E-state index in [1.165, 1.54) is 22.4 Å². The summed E-state index contributed by atoms with van der Waals surface area (Å²) in [7, 11) is 1.75. The van der Waals surface area contributed by atoms with E-state index in [9.17, 15) is 13.2 Å². The predicted octanol–water partition coefficient (Wildman–Crippen LogP) is 2.80. The van der Waals surface area contributed by atoms with Crippen LogP contribution in [0.25, 0.3) is 16.7 Å². The molecule has 8 nitrogen and oxygen atoms in total. The van der Waals surface area contributed by atoms with Gasteiger partial charge < -0.3 is 0 Å². The standard InChI is InChI=1S/C14H12ClF3N8/c1-6-9(15)10(14(16,17)18)22-26(6)7(2)11-21-13-8-4-20-24(3)12(8)19-5-25(13)23-11/h4-5,7H,1-3H3/t7-/m1/s1. The normalized spacial score (nSPS) is 13.8. The van der Waals surface area contributed by atoms with E-state index in [0.29, 0.717) is 22.5 Å². The zero-order valence-corrected chi connectivity index (χ0v) is 14.6. The predicted molar refractivity (Wildman–Crippen MR) is 85.8 cm³/mol. The maximum atomic E-state index is 13.0. The number of aromatic nitrogens is 8. The fourth-order valence-corrected chi connectivity index (χ4v) is 3.03. The molecule has 136 valence electrons. The number of fused-ring (bicyclic) bond motifs is 3. The Balaban J connectivity index is 1.84. The molecule has 26 heavy (non-hydrogen) atoms. The summed E-state index contributed by atoms with van der Waals surface area (Å²) in [5.74, 6) is 0.291. The second-order valence-corrected chi connectivity index (χ2v) is 6.23. The second kappa shape index (κ2) is 5.40. The molecular weight excluding hydrogens is 373 g/mol. The number of aryl methyl sites for hydroxylation is 1. The van der Waals surface area contributed by atoms with Gasteiger partial charge in [0.2, 0.25) is 0 Å². The molecule has 0 saturated heterocycles. The van der Waals surface area contributed by atoms with Crippen molar-refractivity contribution in [3.63, 3.8) is 0 Å². The number of rotatable bonds is 2. The van der Waals surface area contributed by atoms with E-state index in [0.717, 1.165) is 0 Å². The molecule has 0 bridgehead atoms. The van der Waals surface area contributed by atoms with Gasteiger partial charge in [0.25, 0.3) is 0 Å². The van der Waals surface area contributed by atoms with Crippen molar-refractivity contribution in [2.45, 2.75) is 26.1 Å². The van der Waals surface area contributed by atoms with Gasteiger partial charge in [0.15, 0.2) is 22.8 Å². The number of hydrogen-bond donors (Lipinski definition) is 0. The van der Waals surface area contributed by atoms with Crippen LogP contribution in [0.2, 0.25) is 5.02 Å². The third-order valence-electron chi connectivity index (χ3n) is 4.17. The first-order valence-corrected chi connectivity index (χ1v) is 7.91. The summed E-state index contributed by atoms with van der Waals surface area (Å²) in [4.78, 5) is 8.70. The maximum Gasteiger partial charge on any atom is 0.436 e. The van der Waals surface area contributed by atoms with Crippen molar-refractivity contribution in [1.82, 2.24) is 39.1 Å². The lowest BCUT2D eigenvalue weighted by Gasteiger charge is -2.10. The first-order chi connectivity index (χ1) is 12.2. The molecule has 0 aliphatic carbocycles. The molecule has 4 rings (SSSR count).